The minimum absolute atomic E-state index is 0.152. The van der Waals surface area contributed by atoms with Crippen molar-refractivity contribution in [1.82, 2.24) is 14.5 Å². The van der Waals surface area contributed by atoms with Gasteiger partial charge in [0.1, 0.15) is 22.6 Å². The summed E-state index contributed by atoms with van der Waals surface area (Å²) in [6.45, 7) is 1.45. The van der Waals surface area contributed by atoms with Crippen LogP contribution in [-0.4, -0.2) is 33.1 Å². The van der Waals surface area contributed by atoms with Crippen molar-refractivity contribution in [1.29, 1.82) is 0 Å². The topological polar surface area (TPSA) is 134 Å². The van der Waals surface area contributed by atoms with Gasteiger partial charge < -0.3 is 30.5 Å². The van der Waals surface area contributed by atoms with Gasteiger partial charge in [-0.3, -0.25) is 4.79 Å². The molecule has 2 aliphatic rings. The van der Waals surface area contributed by atoms with E-state index in [1.165, 1.54) is 0 Å². The third kappa shape index (κ3) is 3.13. The molecule has 9 heteroatoms. The number of fused-ring (bicyclic) bond motifs is 1. The molecule has 158 valence electrons. The number of oxazole rings is 1. The maximum Gasteiger partial charge on any atom is 0.292 e. The number of imidazole rings is 1. The quantitative estimate of drug-likeness (QED) is 0.454. The van der Waals surface area contributed by atoms with Crippen molar-refractivity contribution in [3.05, 3.63) is 30.3 Å². The number of amides is 1. The van der Waals surface area contributed by atoms with Gasteiger partial charge in [0.15, 0.2) is 5.58 Å². The molecule has 1 amide bonds. The number of nitrogens with zero attached hydrogens (tertiary/aromatic N) is 3. The maximum absolute atomic E-state index is 11.2. The number of nitrogens with one attached hydrogen (secondary N) is 1. The van der Waals surface area contributed by atoms with Crippen LogP contribution < -0.4 is 21.5 Å². The zero-order chi connectivity index (χ0) is 21.1. The summed E-state index contributed by atoms with van der Waals surface area (Å²) in [5, 5.41) is 3.50. The van der Waals surface area contributed by atoms with Crippen LogP contribution in [0.25, 0.3) is 33.5 Å². The molecule has 1 unspecified atom stereocenters. The SMILES string of the molecule is NC(=O)C[C@@H]1CC1Nc1cc2c3c(c1)nc(-c1ccc4nc(N)oc4c1)n3CCCO2. The van der Waals surface area contributed by atoms with Gasteiger partial charge in [-0.2, -0.15) is 4.98 Å². The molecule has 1 fully saturated rings. The summed E-state index contributed by atoms with van der Waals surface area (Å²) in [6.07, 6.45) is 2.24. The van der Waals surface area contributed by atoms with Crippen molar-refractivity contribution in [3.63, 3.8) is 0 Å². The van der Waals surface area contributed by atoms with Crippen molar-refractivity contribution in [3.8, 4) is 17.1 Å². The predicted molar refractivity (Wildman–Crippen MR) is 117 cm³/mol. The Hall–Kier alpha value is -3.75. The average Bonchev–Trinajstić information content (AvgIpc) is 3.22. The number of nitrogens with two attached hydrogens (primary N) is 2. The number of anilines is 2. The molecule has 2 atom stereocenters. The highest BCUT2D eigenvalue weighted by molar-refractivity contribution is 5.90. The molecule has 1 saturated carbocycles. The normalized spacial score (nSPS) is 19.9. The average molecular weight is 418 g/mol. The summed E-state index contributed by atoms with van der Waals surface area (Å²) in [5.74, 6) is 1.71. The summed E-state index contributed by atoms with van der Waals surface area (Å²) in [7, 11) is 0. The molecule has 1 aliphatic carbocycles. The summed E-state index contributed by atoms with van der Waals surface area (Å²) < 4.78 is 13.8. The predicted octanol–water partition coefficient (Wildman–Crippen LogP) is 2.89. The second kappa shape index (κ2) is 6.63. The molecule has 9 nitrogen and oxygen atoms in total. The van der Waals surface area contributed by atoms with Gasteiger partial charge >= 0.3 is 0 Å². The molecule has 6 rings (SSSR count). The lowest BCUT2D eigenvalue weighted by molar-refractivity contribution is -0.118. The zero-order valence-corrected chi connectivity index (χ0v) is 16.8. The van der Waals surface area contributed by atoms with E-state index in [1.54, 1.807) is 0 Å². The molecule has 0 spiro atoms. The van der Waals surface area contributed by atoms with Crippen molar-refractivity contribution >= 4 is 39.7 Å². The highest BCUT2D eigenvalue weighted by atomic mass is 16.5. The first-order valence-electron chi connectivity index (χ1n) is 10.4. The van der Waals surface area contributed by atoms with Crippen molar-refractivity contribution in [2.24, 2.45) is 11.7 Å². The van der Waals surface area contributed by atoms with Crippen molar-refractivity contribution < 1.29 is 13.9 Å². The number of aryl methyl sites for hydroxylation is 1. The Balaban J connectivity index is 1.41. The summed E-state index contributed by atoms with van der Waals surface area (Å²) in [5.41, 5.74) is 16.1. The number of carbonyl (C=O) groups excluding carboxylic acids is 1. The summed E-state index contributed by atoms with van der Waals surface area (Å²) >= 11 is 0. The number of ether oxygens (including phenoxy) is 1. The zero-order valence-electron chi connectivity index (χ0n) is 16.8. The van der Waals surface area contributed by atoms with Crippen LogP contribution in [0.2, 0.25) is 0 Å². The minimum Gasteiger partial charge on any atom is -0.491 e. The monoisotopic (exact) mass is 418 g/mol. The molecule has 0 bridgehead atoms. The van der Waals surface area contributed by atoms with Crippen LogP contribution in [-0.2, 0) is 11.3 Å². The van der Waals surface area contributed by atoms with Crippen LogP contribution in [0.15, 0.2) is 34.7 Å². The Morgan fingerprint density at radius 1 is 1.23 bits per heavy atom. The van der Waals surface area contributed by atoms with Gasteiger partial charge in [-0.15, -0.1) is 0 Å². The van der Waals surface area contributed by atoms with E-state index in [0.717, 1.165) is 58.8 Å². The van der Waals surface area contributed by atoms with Crippen LogP contribution in [0.4, 0.5) is 11.7 Å². The highest BCUT2D eigenvalue weighted by Gasteiger charge is 2.38. The molecule has 31 heavy (non-hydrogen) atoms. The van der Waals surface area contributed by atoms with E-state index < -0.39 is 0 Å². The standard InChI is InChI=1S/C22H22N6O3/c23-19(29)8-12-6-15(12)25-13-9-16-20-18(10-13)30-5-1-4-28(20)21(26-16)11-2-3-14-17(7-11)31-22(24)27-14/h2-3,7,9-10,12,15,25H,1,4-6,8H2,(H2,23,29)(H2,24,27)/t12-,15?/m0/s1. The Kier molecular flexibility index (Phi) is 3.86. The first-order valence-corrected chi connectivity index (χ1v) is 10.4. The van der Waals surface area contributed by atoms with Gasteiger partial charge in [0.25, 0.3) is 6.01 Å². The molecule has 5 N–H and O–H groups in total. The van der Waals surface area contributed by atoms with Gasteiger partial charge in [-0.1, -0.05) is 0 Å². The number of aromatic nitrogens is 3. The van der Waals surface area contributed by atoms with Gasteiger partial charge in [0, 0.05) is 36.3 Å². The van der Waals surface area contributed by atoms with Crippen LogP contribution in [0, 0.1) is 5.92 Å². The number of hydrogen-bond donors (Lipinski definition) is 3. The number of benzene rings is 2. The van der Waals surface area contributed by atoms with Crippen LogP contribution in [0.5, 0.6) is 5.75 Å². The van der Waals surface area contributed by atoms with Crippen LogP contribution >= 0.6 is 0 Å². The third-order valence-corrected chi connectivity index (χ3v) is 5.99. The fourth-order valence-corrected chi connectivity index (χ4v) is 4.47. The molecule has 0 saturated heterocycles. The Labute approximate surface area is 177 Å². The number of nitrogen functional groups attached to an aromatic ring is 1. The molecule has 1 aliphatic heterocycles. The Morgan fingerprint density at radius 2 is 2.13 bits per heavy atom. The first-order chi connectivity index (χ1) is 15.0. The van der Waals surface area contributed by atoms with E-state index in [4.69, 9.17) is 25.6 Å². The fourth-order valence-electron chi connectivity index (χ4n) is 4.47. The smallest absolute Gasteiger partial charge is 0.292 e. The lowest BCUT2D eigenvalue weighted by Gasteiger charge is -2.10. The second-order valence-electron chi connectivity index (χ2n) is 8.28. The van der Waals surface area contributed by atoms with Crippen molar-refractivity contribution in [2.75, 3.05) is 17.7 Å². The van der Waals surface area contributed by atoms with Gasteiger partial charge in [0.2, 0.25) is 5.91 Å². The van der Waals surface area contributed by atoms with E-state index in [9.17, 15) is 4.79 Å². The number of rotatable bonds is 5. The third-order valence-electron chi connectivity index (χ3n) is 5.99. The van der Waals surface area contributed by atoms with Gasteiger partial charge in [0.05, 0.1) is 12.1 Å². The van der Waals surface area contributed by atoms with Crippen LogP contribution in [0.1, 0.15) is 19.3 Å². The Bertz CT molecular complexity index is 1340. The van der Waals surface area contributed by atoms with E-state index in [2.05, 4.69) is 14.9 Å². The van der Waals surface area contributed by atoms with E-state index in [1.807, 2.05) is 30.3 Å². The number of carbonyl (C=O) groups is 1. The fraction of sp³-hybridized carbons (Fsp3) is 0.318. The first kappa shape index (κ1) is 18.1. The molecular weight excluding hydrogens is 396 g/mol. The molecular formula is C22H22N6O3. The largest absolute Gasteiger partial charge is 0.491 e. The lowest BCUT2D eigenvalue weighted by Crippen LogP contribution is -2.14. The molecule has 2 aromatic carbocycles. The lowest BCUT2D eigenvalue weighted by atomic mass is 10.2. The molecule has 3 heterocycles. The van der Waals surface area contributed by atoms with E-state index in [0.29, 0.717) is 24.5 Å². The number of hydrogen-bond acceptors (Lipinski definition) is 7. The summed E-state index contributed by atoms with van der Waals surface area (Å²) in [4.78, 5) is 20.3. The second-order valence-corrected chi connectivity index (χ2v) is 8.28. The molecule has 4 aromatic rings. The van der Waals surface area contributed by atoms with E-state index in [-0.39, 0.29) is 18.0 Å². The molecule has 0 radical (unpaired) electrons. The van der Waals surface area contributed by atoms with E-state index >= 15 is 0 Å². The highest BCUT2D eigenvalue weighted by Crippen LogP contribution is 2.40. The minimum atomic E-state index is -0.256. The van der Waals surface area contributed by atoms with Crippen LogP contribution in [0.3, 0.4) is 0 Å². The van der Waals surface area contributed by atoms with Crippen molar-refractivity contribution in [2.45, 2.75) is 31.8 Å². The Morgan fingerprint density at radius 3 is 3.00 bits per heavy atom. The summed E-state index contributed by atoms with van der Waals surface area (Å²) in [6, 6.07) is 10.3. The maximum atomic E-state index is 11.2. The van der Waals surface area contributed by atoms with Gasteiger partial charge in [-0.05, 0) is 43.0 Å². The molecule has 2 aromatic heterocycles. The number of primary amides is 1. The van der Waals surface area contributed by atoms with Gasteiger partial charge in [-0.25, -0.2) is 4.98 Å².